The summed E-state index contributed by atoms with van der Waals surface area (Å²) in [5.41, 5.74) is 0. The molecule has 2 atom stereocenters. The molecule has 0 heterocycles. The maximum absolute atomic E-state index is 11.6. The van der Waals surface area contributed by atoms with Crippen LogP contribution in [0.15, 0.2) is 22.0 Å². The van der Waals surface area contributed by atoms with Crippen LogP contribution >= 0.6 is 22.6 Å². The number of carbonyl (C=O) groups excluding carboxylic acids is 1. The van der Waals surface area contributed by atoms with E-state index in [1.807, 2.05) is 4.08 Å². The van der Waals surface area contributed by atoms with E-state index in [4.69, 9.17) is 13.9 Å². The topological polar surface area (TPSA) is 44.8 Å². The fourth-order valence-electron chi connectivity index (χ4n) is 1.74. The van der Waals surface area contributed by atoms with E-state index >= 15 is 0 Å². The van der Waals surface area contributed by atoms with Crippen LogP contribution in [0.4, 0.5) is 0 Å². The van der Waals surface area contributed by atoms with Gasteiger partial charge in [0, 0.05) is 5.92 Å². The molecule has 0 saturated carbocycles. The molecule has 0 unspecified atom stereocenters. The van der Waals surface area contributed by atoms with E-state index in [1.54, 1.807) is 6.08 Å². The van der Waals surface area contributed by atoms with Gasteiger partial charge < -0.3 is 13.9 Å². The van der Waals surface area contributed by atoms with Gasteiger partial charge in [0.05, 0.1) is 20.3 Å². The molecule has 0 aromatic carbocycles. The molecule has 0 saturated heterocycles. The highest BCUT2D eigenvalue weighted by atomic mass is 127. The molecule has 0 radical (unpaired) electrons. The van der Waals surface area contributed by atoms with Crippen molar-refractivity contribution in [2.24, 2.45) is 5.92 Å². The normalized spacial score (nSPS) is 16.3. The summed E-state index contributed by atoms with van der Waals surface area (Å²) in [5, 5.41) is 0.134. The smallest absolute Gasteiger partial charge is 0.372 e. The number of hydrogen-bond donors (Lipinski definition) is 0. The Hall–Kier alpha value is -0.343. The van der Waals surface area contributed by atoms with Crippen molar-refractivity contribution >= 4 is 36.9 Å². The Labute approximate surface area is 155 Å². The second-order valence-corrected chi connectivity index (χ2v) is 12.6. The third kappa shape index (κ3) is 7.39. The summed E-state index contributed by atoms with van der Waals surface area (Å²) < 4.78 is 18.4. The van der Waals surface area contributed by atoms with Gasteiger partial charge in [0.25, 0.3) is 0 Å². The van der Waals surface area contributed by atoms with Crippen molar-refractivity contribution in [2.45, 2.75) is 58.4 Å². The quantitative estimate of drug-likeness (QED) is 0.169. The third-order valence-electron chi connectivity index (χ3n) is 4.36. The molecule has 0 aliphatic heterocycles. The molecule has 0 aromatic rings. The first-order valence-electron chi connectivity index (χ1n) is 7.77. The lowest BCUT2D eigenvalue weighted by Crippen LogP contribution is -2.45. The maximum Gasteiger partial charge on any atom is 0.372 e. The van der Waals surface area contributed by atoms with Gasteiger partial charge in [0.15, 0.2) is 14.1 Å². The highest BCUT2D eigenvalue weighted by molar-refractivity contribution is 14.1. The van der Waals surface area contributed by atoms with Crippen molar-refractivity contribution in [3.63, 3.8) is 0 Å². The molecule has 0 fully saturated rings. The fourth-order valence-corrected chi connectivity index (χ4v) is 3.81. The number of methoxy groups -OCH3 is 2. The van der Waals surface area contributed by atoms with Crippen LogP contribution in [-0.2, 0) is 18.7 Å². The molecule has 0 bridgehead atoms. The van der Waals surface area contributed by atoms with Crippen LogP contribution in [-0.4, -0.2) is 34.6 Å². The summed E-state index contributed by atoms with van der Waals surface area (Å²) >= 11 is 2.22. The van der Waals surface area contributed by atoms with Crippen LogP contribution in [0, 0.1) is 5.92 Å². The predicted octanol–water partition coefficient (Wildman–Crippen LogP) is 5.06. The molecule has 6 heteroatoms. The largest absolute Gasteiger partial charge is 0.490 e. The second kappa shape index (κ2) is 9.83. The van der Waals surface area contributed by atoms with Crippen LogP contribution in [0.5, 0.6) is 0 Å². The third-order valence-corrected chi connectivity index (χ3v) is 9.28. The van der Waals surface area contributed by atoms with E-state index in [1.165, 1.54) is 14.2 Å². The minimum absolute atomic E-state index is 0.00304. The zero-order chi connectivity index (χ0) is 18.3. The molecule has 0 aromatic heterocycles. The Morgan fingerprint density at radius 1 is 1.22 bits per heavy atom. The Balaban J connectivity index is 5.33. The summed E-state index contributed by atoms with van der Waals surface area (Å²) in [6, 6.07) is 0. The van der Waals surface area contributed by atoms with Crippen LogP contribution in [0.25, 0.3) is 0 Å². The first-order chi connectivity index (χ1) is 10.5. The van der Waals surface area contributed by atoms with Gasteiger partial charge in [-0.1, -0.05) is 56.4 Å². The number of carbonyl (C=O) groups is 1. The monoisotopic (exact) mass is 454 g/mol. The average Bonchev–Trinajstić information content (AvgIpc) is 2.45. The van der Waals surface area contributed by atoms with Gasteiger partial charge in [0.1, 0.15) is 0 Å². The first kappa shape index (κ1) is 22.7. The average molecular weight is 454 g/mol. The molecule has 0 rings (SSSR count). The van der Waals surface area contributed by atoms with Crippen molar-refractivity contribution in [3.8, 4) is 0 Å². The highest BCUT2D eigenvalue weighted by Crippen LogP contribution is 2.38. The van der Waals surface area contributed by atoms with Gasteiger partial charge in [-0.3, -0.25) is 0 Å². The highest BCUT2D eigenvalue weighted by Gasteiger charge is 2.39. The van der Waals surface area contributed by atoms with Gasteiger partial charge in [-0.05, 0) is 34.7 Å². The van der Waals surface area contributed by atoms with Crippen LogP contribution in [0.3, 0.4) is 0 Å². The number of halogens is 1. The Morgan fingerprint density at radius 2 is 1.78 bits per heavy atom. The number of ether oxygens (including phenoxy) is 2. The van der Waals surface area contributed by atoms with Crippen molar-refractivity contribution in [1.82, 2.24) is 0 Å². The predicted molar refractivity (Wildman–Crippen MR) is 106 cm³/mol. The van der Waals surface area contributed by atoms with Crippen molar-refractivity contribution < 1.29 is 18.7 Å². The lowest BCUT2D eigenvalue weighted by atomic mass is 10.0. The molecule has 0 amide bonds. The summed E-state index contributed by atoms with van der Waals surface area (Å²) in [6.45, 7) is 13.3. The number of hydrogen-bond acceptors (Lipinski definition) is 4. The van der Waals surface area contributed by atoms with Crippen LogP contribution in [0.1, 0.15) is 34.1 Å². The molecule has 0 spiro atoms. The molecule has 0 N–H and O–H groups in total. The van der Waals surface area contributed by atoms with Crippen molar-refractivity contribution in [3.05, 3.63) is 22.0 Å². The molecule has 134 valence electrons. The van der Waals surface area contributed by atoms with Crippen LogP contribution in [0.2, 0.25) is 18.1 Å². The standard InChI is InChI=1S/C17H31IO4Si/c1-13(11-12-18)14(22-23(7,8)17(2,3)4)9-10-15(20-5)16(19)21-6/h10-14H,9H2,1-8H3/b12-11+,15-10+/t13-,14-/m0/s1. The maximum atomic E-state index is 11.6. The minimum atomic E-state index is -1.90. The zero-order valence-electron chi connectivity index (χ0n) is 15.6. The van der Waals surface area contributed by atoms with E-state index in [9.17, 15) is 4.79 Å². The van der Waals surface area contributed by atoms with Crippen molar-refractivity contribution in [1.29, 1.82) is 0 Å². The second-order valence-electron chi connectivity index (χ2n) is 7.09. The Kier molecular flexibility index (Phi) is 9.69. The molecule has 0 aliphatic carbocycles. The van der Waals surface area contributed by atoms with Gasteiger partial charge >= 0.3 is 5.97 Å². The molecular weight excluding hydrogens is 423 g/mol. The lowest BCUT2D eigenvalue weighted by molar-refractivity contribution is -0.139. The lowest BCUT2D eigenvalue weighted by Gasteiger charge is -2.40. The van der Waals surface area contributed by atoms with Gasteiger partial charge in [-0.15, -0.1) is 0 Å². The Bertz CT molecular complexity index is 438. The van der Waals surface area contributed by atoms with Gasteiger partial charge in [-0.2, -0.15) is 0 Å². The van der Waals surface area contributed by atoms with E-state index in [2.05, 4.69) is 69.5 Å². The van der Waals surface area contributed by atoms with E-state index in [0.29, 0.717) is 6.42 Å². The van der Waals surface area contributed by atoms with Crippen molar-refractivity contribution in [2.75, 3.05) is 14.2 Å². The van der Waals surface area contributed by atoms with Gasteiger partial charge in [-0.25, -0.2) is 4.79 Å². The zero-order valence-corrected chi connectivity index (χ0v) is 18.8. The summed E-state index contributed by atoms with van der Waals surface area (Å²) in [6.07, 6.45) is 4.49. The fraction of sp³-hybridized carbons (Fsp3) is 0.706. The summed E-state index contributed by atoms with van der Waals surface area (Å²) in [5.74, 6) is 0.00526. The van der Waals surface area contributed by atoms with E-state index < -0.39 is 14.3 Å². The number of rotatable bonds is 8. The minimum Gasteiger partial charge on any atom is -0.490 e. The number of esters is 1. The Morgan fingerprint density at radius 3 is 2.17 bits per heavy atom. The van der Waals surface area contributed by atoms with Gasteiger partial charge in [0.2, 0.25) is 0 Å². The first-order valence-corrected chi connectivity index (χ1v) is 11.9. The van der Waals surface area contributed by atoms with E-state index in [0.717, 1.165) is 0 Å². The van der Waals surface area contributed by atoms with E-state index in [-0.39, 0.29) is 22.8 Å². The SMILES string of the molecule is COC(=O)/C(=C\C[C@H](O[Si](C)(C)C(C)(C)C)[C@@H](C)/C=C/I)OC. The van der Waals surface area contributed by atoms with Crippen LogP contribution < -0.4 is 0 Å². The molecule has 0 aliphatic rings. The molecule has 23 heavy (non-hydrogen) atoms. The molecule has 4 nitrogen and oxygen atoms in total. The molecular formula is C17H31IO4Si. The summed E-state index contributed by atoms with van der Waals surface area (Å²) in [4.78, 5) is 11.6. The summed E-state index contributed by atoms with van der Waals surface area (Å²) in [7, 11) is 0.920.